The van der Waals surface area contributed by atoms with Gasteiger partial charge in [0.15, 0.2) is 0 Å². The first-order valence-corrected chi connectivity index (χ1v) is 7.50. The van der Waals surface area contributed by atoms with E-state index in [0.29, 0.717) is 38.6 Å². The molecule has 1 saturated carbocycles. The Morgan fingerprint density at radius 1 is 1.25 bits per heavy atom. The third-order valence-corrected chi connectivity index (χ3v) is 4.81. The monoisotopic (exact) mass is 283 g/mol. The van der Waals surface area contributed by atoms with Crippen LogP contribution < -0.4 is 5.73 Å². The molecule has 3 atom stereocenters. The molecule has 0 bridgehead atoms. The molecule has 1 aliphatic carbocycles. The quantitative estimate of drug-likeness (QED) is 0.757. The van der Waals surface area contributed by atoms with Crippen LogP contribution in [-0.4, -0.2) is 65.5 Å². The van der Waals surface area contributed by atoms with Crippen LogP contribution in [0.4, 0.5) is 0 Å². The van der Waals surface area contributed by atoms with E-state index >= 15 is 0 Å². The molecule has 0 aromatic heterocycles. The first kappa shape index (κ1) is 15.3. The molecule has 2 rings (SSSR count). The molecule has 20 heavy (non-hydrogen) atoms. The number of nitrogens with two attached hydrogens (primary N) is 1. The predicted octanol–water partition coefficient (Wildman–Crippen LogP) is -0.0213. The number of nitrogens with zero attached hydrogens (tertiary/aromatic N) is 2. The average molecular weight is 283 g/mol. The van der Waals surface area contributed by atoms with Crippen LogP contribution in [0.2, 0.25) is 0 Å². The number of carboxylic acid groups (broad SMARTS) is 1. The first-order chi connectivity index (χ1) is 9.54. The lowest BCUT2D eigenvalue weighted by Gasteiger charge is -2.38. The van der Waals surface area contributed by atoms with E-state index in [1.165, 1.54) is 0 Å². The van der Waals surface area contributed by atoms with Crippen LogP contribution in [0.15, 0.2) is 0 Å². The molecule has 0 aromatic carbocycles. The maximum atomic E-state index is 12.5. The number of rotatable bonds is 4. The van der Waals surface area contributed by atoms with Gasteiger partial charge < -0.3 is 15.7 Å². The van der Waals surface area contributed by atoms with E-state index in [9.17, 15) is 9.59 Å². The summed E-state index contributed by atoms with van der Waals surface area (Å²) >= 11 is 0. The highest BCUT2D eigenvalue weighted by Gasteiger charge is 2.36. The Bertz CT molecular complexity index is 367. The Morgan fingerprint density at radius 2 is 1.90 bits per heavy atom. The Kier molecular flexibility index (Phi) is 4.99. The van der Waals surface area contributed by atoms with Crippen LogP contribution in [0, 0.1) is 11.8 Å². The number of carbonyl (C=O) groups is 2. The molecule has 0 aromatic rings. The van der Waals surface area contributed by atoms with Crippen LogP contribution in [0.1, 0.15) is 26.2 Å². The SMILES string of the molecule is CC(C(=O)O)N1CCN(C(=O)C2CCCC2CN)CC1. The molecule has 3 unspecified atom stereocenters. The van der Waals surface area contributed by atoms with E-state index in [2.05, 4.69) is 0 Å². The Hall–Kier alpha value is -1.14. The van der Waals surface area contributed by atoms with E-state index < -0.39 is 12.0 Å². The van der Waals surface area contributed by atoms with Crippen molar-refractivity contribution in [3.8, 4) is 0 Å². The standard InChI is InChI=1S/C14H25N3O3/c1-10(14(19)20)16-5-7-17(8-6-16)13(18)12-4-2-3-11(12)9-15/h10-12H,2-9,15H2,1H3,(H,19,20). The van der Waals surface area contributed by atoms with Gasteiger partial charge in [-0.3, -0.25) is 14.5 Å². The molecule has 3 N–H and O–H groups in total. The first-order valence-electron chi connectivity index (χ1n) is 7.50. The minimum absolute atomic E-state index is 0.0865. The maximum Gasteiger partial charge on any atom is 0.320 e. The van der Waals surface area contributed by atoms with E-state index in [1.54, 1.807) is 6.92 Å². The Labute approximate surface area is 119 Å². The van der Waals surface area contributed by atoms with Crippen molar-refractivity contribution in [1.82, 2.24) is 9.80 Å². The summed E-state index contributed by atoms with van der Waals surface area (Å²) in [7, 11) is 0. The van der Waals surface area contributed by atoms with Crippen molar-refractivity contribution in [2.24, 2.45) is 17.6 Å². The van der Waals surface area contributed by atoms with E-state index in [4.69, 9.17) is 10.8 Å². The van der Waals surface area contributed by atoms with Crippen LogP contribution in [0.25, 0.3) is 0 Å². The number of aliphatic carboxylic acids is 1. The lowest BCUT2D eigenvalue weighted by molar-refractivity contribution is -0.144. The highest BCUT2D eigenvalue weighted by Crippen LogP contribution is 2.32. The van der Waals surface area contributed by atoms with Crippen molar-refractivity contribution in [1.29, 1.82) is 0 Å². The molecular weight excluding hydrogens is 258 g/mol. The van der Waals surface area contributed by atoms with Gasteiger partial charge in [-0.05, 0) is 32.2 Å². The topological polar surface area (TPSA) is 86.9 Å². The van der Waals surface area contributed by atoms with E-state index in [-0.39, 0.29) is 11.8 Å². The number of carboxylic acids is 1. The van der Waals surface area contributed by atoms with Gasteiger partial charge in [-0.1, -0.05) is 6.42 Å². The second kappa shape index (κ2) is 6.54. The highest BCUT2D eigenvalue weighted by atomic mass is 16.4. The zero-order chi connectivity index (χ0) is 14.7. The summed E-state index contributed by atoms with van der Waals surface area (Å²) in [5.41, 5.74) is 5.74. The summed E-state index contributed by atoms with van der Waals surface area (Å²) in [6.45, 7) is 4.82. The molecule has 6 nitrogen and oxygen atoms in total. The van der Waals surface area contributed by atoms with Gasteiger partial charge in [-0.2, -0.15) is 0 Å². The smallest absolute Gasteiger partial charge is 0.320 e. The summed E-state index contributed by atoms with van der Waals surface area (Å²) in [6.07, 6.45) is 3.10. The fourth-order valence-electron chi connectivity index (χ4n) is 3.36. The molecule has 1 aliphatic heterocycles. The number of hydrogen-bond donors (Lipinski definition) is 2. The molecule has 1 heterocycles. The van der Waals surface area contributed by atoms with Crippen LogP contribution in [0.5, 0.6) is 0 Å². The zero-order valence-electron chi connectivity index (χ0n) is 12.1. The third kappa shape index (κ3) is 3.12. The molecule has 2 fully saturated rings. The minimum Gasteiger partial charge on any atom is -0.480 e. The summed E-state index contributed by atoms with van der Waals surface area (Å²) in [5.74, 6) is -0.161. The summed E-state index contributed by atoms with van der Waals surface area (Å²) in [6, 6.07) is -0.476. The van der Waals surface area contributed by atoms with Gasteiger partial charge in [0.05, 0.1) is 0 Å². The van der Waals surface area contributed by atoms with Crippen LogP contribution >= 0.6 is 0 Å². The number of hydrogen-bond acceptors (Lipinski definition) is 4. The molecular formula is C14H25N3O3. The second-order valence-electron chi connectivity index (χ2n) is 5.91. The van der Waals surface area contributed by atoms with Gasteiger partial charge in [0.1, 0.15) is 6.04 Å². The molecule has 0 radical (unpaired) electrons. The van der Waals surface area contributed by atoms with Gasteiger partial charge >= 0.3 is 5.97 Å². The largest absolute Gasteiger partial charge is 0.480 e. The van der Waals surface area contributed by atoms with Crippen molar-refractivity contribution in [3.05, 3.63) is 0 Å². The highest BCUT2D eigenvalue weighted by molar-refractivity contribution is 5.79. The van der Waals surface area contributed by atoms with Gasteiger partial charge in [0, 0.05) is 32.1 Å². The Balaban J connectivity index is 1.87. The van der Waals surface area contributed by atoms with E-state index in [1.807, 2.05) is 9.80 Å². The molecule has 2 aliphatic rings. The minimum atomic E-state index is -0.802. The van der Waals surface area contributed by atoms with Crippen LogP contribution in [-0.2, 0) is 9.59 Å². The average Bonchev–Trinajstić information content (AvgIpc) is 2.94. The molecule has 0 spiro atoms. The van der Waals surface area contributed by atoms with Gasteiger partial charge in [-0.15, -0.1) is 0 Å². The van der Waals surface area contributed by atoms with Crippen molar-refractivity contribution in [2.75, 3.05) is 32.7 Å². The molecule has 6 heteroatoms. The summed E-state index contributed by atoms with van der Waals surface area (Å²) in [4.78, 5) is 27.3. The predicted molar refractivity (Wildman–Crippen MR) is 75.1 cm³/mol. The number of carbonyl (C=O) groups excluding carboxylic acids is 1. The van der Waals surface area contributed by atoms with Crippen molar-refractivity contribution in [2.45, 2.75) is 32.2 Å². The third-order valence-electron chi connectivity index (χ3n) is 4.81. The zero-order valence-corrected chi connectivity index (χ0v) is 12.1. The van der Waals surface area contributed by atoms with E-state index in [0.717, 1.165) is 19.3 Å². The molecule has 1 saturated heterocycles. The van der Waals surface area contributed by atoms with Crippen molar-refractivity contribution >= 4 is 11.9 Å². The van der Waals surface area contributed by atoms with Gasteiger partial charge in [0.25, 0.3) is 0 Å². The maximum absolute atomic E-state index is 12.5. The molecule has 114 valence electrons. The molecule has 1 amide bonds. The lowest BCUT2D eigenvalue weighted by atomic mass is 9.94. The number of amides is 1. The fourth-order valence-corrected chi connectivity index (χ4v) is 3.36. The van der Waals surface area contributed by atoms with Gasteiger partial charge in [0.2, 0.25) is 5.91 Å². The van der Waals surface area contributed by atoms with Crippen molar-refractivity contribution in [3.63, 3.8) is 0 Å². The number of piperazine rings is 1. The Morgan fingerprint density at radius 3 is 2.45 bits per heavy atom. The summed E-state index contributed by atoms with van der Waals surface area (Å²) in [5, 5.41) is 9.01. The fraction of sp³-hybridized carbons (Fsp3) is 0.857. The lowest BCUT2D eigenvalue weighted by Crippen LogP contribution is -2.54. The van der Waals surface area contributed by atoms with Crippen molar-refractivity contribution < 1.29 is 14.7 Å². The normalized spacial score (nSPS) is 29.4. The second-order valence-corrected chi connectivity index (χ2v) is 5.91. The summed E-state index contributed by atoms with van der Waals surface area (Å²) < 4.78 is 0. The van der Waals surface area contributed by atoms with Gasteiger partial charge in [-0.25, -0.2) is 0 Å². The van der Waals surface area contributed by atoms with Crippen LogP contribution in [0.3, 0.4) is 0 Å².